The van der Waals surface area contributed by atoms with Crippen molar-refractivity contribution >= 4 is 10.1 Å². The van der Waals surface area contributed by atoms with E-state index in [2.05, 4.69) is 9.47 Å². The molecule has 0 spiro atoms. The topological polar surface area (TPSA) is 72.8 Å². The van der Waals surface area contributed by atoms with E-state index in [4.69, 9.17) is 4.55 Å². The summed E-state index contributed by atoms with van der Waals surface area (Å²) in [7, 11) is -7.20. The minimum Gasteiger partial charge on any atom is -0.292 e. The summed E-state index contributed by atoms with van der Waals surface area (Å²) in [4.78, 5) is 0. The zero-order chi connectivity index (χ0) is 22.1. The zero-order valence-electron chi connectivity index (χ0n) is 12.2. The fourth-order valence-corrected chi connectivity index (χ4v) is 1.95. The fraction of sp³-hybridized carbons (Fsp3) is 1.00. The average molecular weight is 454 g/mol. The van der Waals surface area contributed by atoms with E-state index in [0.29, 0.717) is 0 Å². The van der Waals surface area contributed by atoms with Crippen LogP contribution >= 0.6 is 0 Å². The second-order valence-electron chi connectivity index (χ2n) is 5.20. The number of rotatable bonds is 7. The van der Waals surface area contributed by atoms with Crippen molar-refractivity contribution in [3.05, 3.63) is 0 Å². The molecule has 1 fully saturated rings. The van der Waals surface area contributed by atoms with Crippen molar-refractivity contribution in [1.29, 1.82) is 0 Å². The summed E-state index contributed by atoms with van der Waals surface area (Å²) in [6, 6.07) is 0. The van der Waals surface area contributed by atoms with Crippen LogP contribution in [0.1, 0.15) is 6.92 Å². The Labute approximate surface area is 140 Å². The lowest BCUT2D eigenvalue weighted by Gasteiger charge is -2.33. The Bertz CT molecular complexity index is 688. The third kappa shape index (κ3) is 3.80. The van der Waals surface area contributed by atoms with Crippen LogP contribution in [0.15, 0.2) is 0 Å². The molecule has 1 aliphatic rings. The molecule has 27 heavy (non-hydrogen) atoms. The maximum absolute atomic E-state index is 13.4. The summed E-state index contributed by atoms with van der Waals surface area (Å²) in [6.07, 6.45) is -25.8. The monoisotopic (exact) mass is 454 g/mol. The molecule has 3 atom stereocenters. The van der Waals surface area contributed by atoms with Crippen LogP contribution in [-0.4, -0.2) is 54.5 Å². The van der Waals surface area contributed by atoms with E-state index in [1.807, 2.05) is 0 Å². The van der Waals surface area contributed by atoms with Crippen molar-refractivity contribution in [3.8, 4) is 0 Å². The van der Waals surface area contributed by atoms with Gasteiger partial charge in [0.1, 0.15) is 0 Å². The van der Waals surface area contributed by atoms with Crippen LogP contribution in [0.3, 0.4) is 0 Å². The lowest BCUT2D eigenvalue weighted by Crippen LogP contribution is -2.58. The predicted octanol–water partition coefficient (Wildman–Crippen LogP) is 3.57. The molecular weight excluding hydrogens is 448 g/mol. The number of ether oxygens (including phenoxy) is 2. The standard InChI is InChI=1S/C9H6F12O5S/c1-2-4(10,11)5(2,12)26-7(16,17)3(6(13,14)15)25-8(18,19)9(20,21)27(22,23)24/h2-3H,1H3,(H,22,23,24). The van der Waals surface area contributed by atoms with E-state index < -0.39 is 57.6 Å². The van der Waals surface area contributed by atoms with E-state index in [-0.39, 0.29) is 6.92 Å². The molecule has 0 aromatic heterocycles. The van der Waals surface area contributed by atoms with Gasteiger partial charge in [-0.3, -0.25) is 14.0 Å². The second-order valence-corrected chi connectivity index (χ2v) is 6.66. The first-order chi connectivity index (χ1) is 11.5. The summed E-state index contributed by atoms with van der Waals surface area (Å²) in [5.41, 5.74) is 0. The molecule has 3 unspecified atom stereocenters. The number of hydrogen-bond donors (Lipinski definition) is 1. The highest BCUT2D eigenvalue weighted by Crippen LogP contribution is 2.64. The van der Waals surface area contributed by atoms with Crippen LogP contribution in [0.5, 0.6) is 0 Å². The Morgan fingerprint density at radius 2 is 1.33 bits per heavy atom. The third-order valence-corrected chi connectivity index (χ3v) is 4.17. The molecule has 0 radical (unpaired) electrons. The molecular formula is C9H6F12O5S. The molecule has 162 valence electrons. The minimum absolute atomic E-state index is 0.181. The summed E-state index contributed by atoms with van der Waals surface area (Å²) in [5, 5.41) is -6.89. The van der Waals surface area contributed by atoms with Gasteiger partial charge in [-0.1, -0.05) is 6.92 Å². The molecule has 0 aliphatic heterocycles. The van der Waals surface area contributed by atoms with Crippen molar-refractivity contribution in [2.75, 3.05) is 0 Å². The van der Waals surface area contributed by atoms with E-state index in [0.717, 1.165) is 0 Å². The molecule has 1 saturated carbocycles. The van der Waals surface area contributed by atoms with Gasteiger partial charge in [0.2, 0.25) is 6.10 Å². The normalized spacial score (nSPS) is 28.1. The van der Waals surface area contributed by atoms with Crippen molar-refractivity contribution < 1.29 is 75.1 Å². The molecule has 0 heterocycles. The van der Waals surface area contributed by atoms with Crippen molar-refractivity contribution in [2.24, 2.45) is 5.92 Å². The van der Waals surface area contributed by atoms with E-state index in [1.54, 1.807) is 0 Å². The molecule has 1 rings (SSSR count). The Kier molecular flexibility index (Phi) is 5.33. The summed E-state index contributed by atoms with van der Waals surface area (Å²) < 4.78 is 188. The molecule has 0 aromatic carbocycles. The van der Waals surface area contributed by atoms with Crippen LogP contribution in [0.2, 0.25) is 0 Å². The molecule has 1 N–H and O–H groups in total. The van der Waals surface area contributed by atoms with Gasteiger partial charge in [0.25, 0.3) is 5.85 Å². The van der Waals surface area contributed by atoms with E-state index in [9.17, 15) is 61.1 Å². The summed E-state index contributed by atoms with van der Waals surface area (Å²) >= 11 is 0. The zero-order valence-corrected chi connectivity index (χ0v) is 13.0. The Morgan fingerprint density at radius 3 is 1.59 bits per heavy atom. The summed E-state index contributed by atoms with van der Waals surface area (Å²) in [5.74, 6) is -12.3. The molecule has 0 amide bonds. The van der Waals surface area contributed by atoms with Crippen LogP contribution < -0.4 is 0 Å². The second kappa shape index (κ2) is 5.99. The third-order valence-electron chi connectivity index (χ3n) is 3.29. The molecule has 1 aliphatic carbocycles. The SMILES string of the molecule is CC1C(F)(F)C1(F)OC(F)(F)C(OC(F)(F)C(F)(F)S(=O)(=O)O)C(F)(F)F. The van der Waals surface area contributed by atoms with Crippen LogP contribution in [0.4, 0.5) is 52.7 Å². The Morgan fingerprint density at radius 1 is 0.963 bits per heavy atom. The predicted molar refractivity (Wildman–Crippen MR) is 56.4 cm³/mol. The average Bonchev–Trinajstić information content (AvgIpc) is 2.75. The van der Waals surface area contributed by atoms with Crippen molar-refractivity contribution in [1.82, 2.24) is 0 Å². The van der Waals surface area contributed by atoms with Crippen LogP contribution in [0, 0.1) is 5.92 Å². The number of hydrogen-bond acceptors (Lipinski definition) is 4. The highest BCUT2D eigenvalue weighted by molar-refractivity contribution is 7.86. The van der Waals surface area contributed by atoms with Gasteiger partial charge in [-0.25, -0.2) is 4.39 Å². The molecule has 5 nitrogen and oxygen atoms in total. The first-order valence-electron chi connectivity index (χ1n) is 6.07. The molecule has 0 saturated heterocycles. The first kappa shape index (κ1) is 24.0. The van der Waals surface area contributed by atoms with Crippen molar-refractivity contribution in [2.45, 2.75) is 48.5 Å². The highest BCUT2D eigenvalue weighted by atomic mass is 32.2. The van der Waals surface area contributed by atoms with Gasteiger partial charge in [-0.05, 0) is 0 Å². The van der Waals surface area contributed by atoms with Gasteiger partial charge in [-0.15, -0.1) is 0 Å². The Balaban J connectivity index is 3.28. The largest absolute Gasteiger partial charge is 0.459 e. The van der Waals surface area contributed by atoms with Gasteiger partial charge in [0.05, 0.1) is 5.92 Å². The molecule has 0 aromatic rings. The number of alkyl halides is 12. The van der Waals surface area contributed by atoms with Gasteiger partial charge in [0, 0.05) is 0 Å². The van der Waals surface area contributed by atoms with Gasteiger partial charge < -0.3 is 0 Å². The van der Waals surface area contributed by atoms with Crippen LogP contribution in [-0.2, 0) is 19.6 Å². The van der Waals surface area contributed by atoms with Crippen LogP contribution in [0.25, 0.3) is 0 Å². The molecule has 18 heteroatoms. The fourth-order valence-electron chi connectivity index (χ4n) is 1.60. The smallest absolute Gasteiger partial charge is 0.292 e. The minimum atomic E-state index is -7.20. The maximum atomic E-state index is 13.4. The first-order valence-corrected chi connectivity index (χ1v) is 7.51. The lowest BCUT2D eigenvalue weighted by molar-refractivity contribution is -0.449. The summed E-state index contributed by atoms with van der Waals surface area (Å²) in [6.45, 7) is 0.181. The van der Waals surface area contributed by atoms with Gasteiger partial charge in [0.15, 0.2) is 0 Å². The lowest BCUT2D eigenvalue weighted by atomic mass is 10.3. The molecule has 0 bridgehead atoms. The quantitative estimate of drug-likeness (QED) is 0.471. The van der Waals surface area contributed by atoms with E-state index in [1.165, 1.54) is 0 Å². The Hall–Kier alpha value is -1.01. The van der Waals surface area contributed by atoms with Gasteiger partial charge >= 0.3 is 39.7 Å². The highest BCUT2D eigenvalue weighted by Gasteiger charge is 2.86. The van der Waals surface area contributed by atoms with Crippen molar-refractivity contribution in [3.63, 3.8) is 0 Å². The van der Waals surface area contributed by atoms with Gasteiger partial charge in [-0.2, -0.15) is 56.7 Å². The van der Waals surface area contributed by atoms with E-state index >= 15 is 0 Å². The number of halogens is 12. The maximum Gasteiger partial charge on any atom is 0.459 e.